The number of halogens is 2. The minimum Gasteiger partial charge on any atom is -0.478 e. The van der Waals surface area contributed by atoms with E-state index in [0.717, 1.165) is 6.21 Å². The summed E-state index contributed by atoms with van der Waals surface area (Å²) in [7, 11) is 0. The monoisotopic (exact) mass is 315 g/mol. The molecule has 0 bridgehead atoms. The normalized spacial score (nSPS) is 11.1. The van der Waals surface area contributed by atoms with Crippen LogP contribution < -0.4 is 0 Å². The van der Waals surface area contributed by atoms with Gasteiger partial charge in [-0.15, -0.1) is 0 Å². The number of Topliss-reactive ketones (excluding diaryl/α,β-unsaturated/α-hetero) is 2. The highest BCUT2D eigenvalue weighted by Crippen LogP contribution is 2.32. The molecule has 7 heteroatoms. The number of carboxylic acid groups (broad SMARTS) is 1. The Morgan fingerprint density at radius 1 is 1.20 bits per heavy atom. The summed E-state index contributed by atoms with van der Waals surface area (Å²) in [6, 6.07) is 2.54. The summed E-state index contributed by atoms with van der Waals surface area (Å²) in [6.45, 7) is 2.53. The first-order valence-electron chi connectivity index (χ1n) is 5.51. The van der Waals surface area contributed by atoms with E-state index in [1.165, 1.54) is 26.0 Å². The first-order valence-corrected chi connectivity index (χ1v) is 6.27. The molecule has 0 aliphatic heterocycles. The van der Waals surface area contributed by atoms with Crippen molar-refractivity contribution >= 4 is 52.6 Å². The van der Waals surface area contributed by atoms with Crippen LogP contribution in [0.3, 0.4) is 0 Å². The number of hydrogen-bond acceptors (Lipinski definition) is 4. The van der Waals surface area contributed by atoms with Crippen molar-refractivity contribution in [3.8, 4) is 0 Å². The Morgan fingerprint density at radius 3 is 2.20 bits per heavy atom. The topological polar surface area (TPSA) is 83.8 Å². The quantitative estimate of drug-likeness (QED) is 0.668. The van der Waals surface area contributed by atoms with E-state index in [9.17, 15) is 14.4 Å². The molecule has 0 saturated carbocycles. The lowest BCUT2D eigenvalue weighted by Crippen LogP contribution is -2.20. The van der Waals surface area contributed by atoms with Crippen LogP contribution in [0.4, 0.5) is 5.69 Å². The average Bonchev–Trinajstić information content (AvgIpc) is 2.31. The highest BCUT2D eigenvalue weighted by Gasteiger charge is 2.18. The van der Waals surface area contributed by atoms with Crippen LogP contribution >= 0.6 is 23.2 Å². The van der Waals surface area contributed by atoms with Gasteiger partial charge in [-0.25, -0.2) is 4.79 Å². The molecule has 106 valence electrons. The van der Waals surface area contributed by atoms with Crippen molar-refractivity contribution in [3.63, 3.8) is 0 Å². The van der Waals surface area contributed by atoms with E-state index in [1.807, 2.05) is 0 Å². The third-order valence-electron chi connectivity index (χ3n) is 2.49. The summed E-state index contributed by atoms with van der Waals surface area (Å²) in [4.78, 5) is 37.4. The predicted octanol–water partition coefficient (Wildman–Crippen LogP) is 3.19. The van der Waals surface area contributed by atoms with Crippen molar-refractivity contribution in [1.29, 1.82) is 0 Å². The van der Waals surface area contributed by atoms with E-state index in [0.29, 0.717) is 0 Å². The van der Waals surface area contributed by atoms with Gasteiger partial charge in [0.05, 0.1) is 16.3 Å². The molecule has 1 rings (SSSR count). The van der Waals surface area contributed by atoms with Gasteiger partial charge in [0, 0.05) is 11.2 Å². The van der Waals surface area contributed by atoms with Crippen LogP contribution in [0.25, 0.3) is 0 Å². The third-order valence-corrected chi connectivity index (χ3v) is 3.10. The summed E-state index contributed by atoms with van der Waals surface area (Å²) in [5.74, 6) is -2.96. The Balaban J connectivity index is 3.24. The molecule has 20 heavy (non-hydrogen) atoms. The number of carbonyl (C=O) groups is 3. The second-order valence-electron chi connectivity index (χ2n) is 4.07. The molecular weight excluding hydrogens is 305 g/mol. The molecule has 1 N–H and O–H groups in total. The Labute approximate surface area is 125 Å². The van der Waals surface area contributed by atoms with Crippen molar-refractivity contribution in [2.75, 3.05) is 0 Å². The molecular formula is C13H11Cl2NO4. The fraction of sp³-hybridized carbons (Fsp3) is 0.231. The van der Waals surface area contributed by atoms with Gasteiger partial charge < -0.3 is 5.11 Å². The summed E-state index contributed by atoms with van der Waals surface area (Å²) in [5, 5.41) is 9.00. The number of nitrogens with zero attached hydrogens (tertiary/aromatic N) is 1. The highest BCUT2D eigenvalue weighted by atomic mass is 35.5. The van der Waals surface area contributed by atoms with Crippen LogP contribution in [0.15, 0.2) is 17.1 Å². The molecule has 0 aromatic heterocycles. The molecule has 0 atom stereocenters. The summed E-state index contributed by atoms with van der Waals surface area (Å²) in [5.41, 5.74) is -0.113. The maximum atomic E-state index is 11.3. The zero-order valence-electron chi connectivity index (χ0n) is 10.7. The summed E-state index contributed by atoms with van der Waals surface area (Å²) >= 11 is 11.7. The van der Waals surface area contributed by atoms with Gasteiger partial charge in [-0.05, 0) is 26.0 Å². The first kappa shape index (κ1) is 16.3. The minimum atomic E-state index is -1.25. The van der Waals surface area contributed by atoms with Crippen molar-refractivity contribution in [2.45, 2.75) is 13.8 Å². The SMILES string of the molecule is CC(=O)C(C=Nc1cc(Cl)cc(C(=O)O)c1Cl)C(C)=O. The minimum absolute atomic E-state index is 0.0871. The van der Waals surface area contributed by atoms with E-state index in [1.54, 1.807) is 0 Å². The van der Waals surface area contributed by atoms with Crippen molar-refractivity contribution < 1.29 is 19.5 Å². The van der Waals surface area contributed by atoms with Crippen molar-refractivity contribution in [3.05, 3.63) is 27.7 Å². The van der Waals surface area contributed by atoms with Crippen LogP contribution in [0.1, 0.15) is 24.2 Å². The molecule has 0 amide bonds. The summed E-state index contributed by atoms with van der Waals surface area (Å²) < 4.78 is 0. The van der Waals surface area contributed by atoms with Crippen LogP contribution in [0.2, 0.25) is 10.0 Å². The molecule has 0 aliphatic rings. The standard InChI is InChI=1S/C13H11Cl2NO4/c1-6(17)10(7(2)18)5-16-11-4-8(14)3-9(12(11)15)13(19)20/h3-5,10H,1-2H3,(H,19,20). The number of aromatic carboxylic acids is 1. The smallest absolute Gasteiger partial charge is 0.337 e. The van der Waals surface area contributed by atoms with Gasteiger partial charge in [-0.1, -0.05) is 23.2 Å². The van der Waals surface area contributed by atoms with E-state index < -0.39 is 11.9 Å². The number of carboxylic acids is 1. The summed E-state index contributed by atoms with van der Waals surface area (Å²) in [6.07, 6.45) is 1.13. The molecule has 0 spiro atoms. The van der Waals surface area contributed by atoms with Crippen LogP contribution in [0, 0.1) is 5.92 Å². The van der Waals surface area contributed by atoms with Crippen LogP contribution in [0.5, 0.6) is 0 Å². The van der Waals surface area contributed by atoms with Gasteiger partial charge in [0.15, 0.2) is 0 Å². The fourth-order valence-corrected chi connectivity index (χ4v) is 1.93. The van der Waals surface area contributed by atoms with E-state index in [4.69, 9.17) is 28.3 Å². The average molecular weight is 316 g/mol. The zero-order valence-corrected chi connectivity index (χ0v) is 12.2. The number of rotatable bonds is 5. The molecule has 1 aromatic rings. The second-order valence-corrected chi connectivity index (χ2v) is 4.88. The Kier molecular flexibility index (Phi) is 5.42. The number of hydrogen-bond donors (Lipinski definition) is 1. The number of aliphatic imine (C=N–C) groups is 1. The molecule has 0 aliphatic carbocycles. The molecule has 0 radical (unpaired) electrons. The zero-order chi connectivity index (χ0) is 15.4. The van der Waals surface area contributed by atoms with Crippen LogP contribution in [-0.2, 0) is 9.59 Å². The maximum Gasteiger partial charge on any atom is 0.337 e. The van der Waals surface area contributed by atoms with Crippen LogP contribution in [-0.4, -0.2) is 28.9 Å². The molecule has 1 aromatic carbocycles. The second kappa shape index (κ2) is 6.63. The van der Waals surface area contributed by atoms with Gasteiger partial charge >= 0.3 is 5.97 Å². The third kappa shape index (κ3) is 3.88. The Bertz CT molecular complexity index is 597. The van der Waals surface area contributed by atoms with Crippen molar-refractivity contribution in [1.82, 2.24) is 0 Å². The van der Waals surface area contributed by atoms with E-state index in [2.05, 4.69) is 4.99 Å². The Hall–Kier alpha value is -1.72. The molecule has 0 saturated heterocycles. The predicted molar refractivity (Wildman–Crippen MR) is 76.4 cm³/mol. The highest BCUT2D eigenvalue weighted by molar-refractivity contribution is 6.38. The molecule has 0 fully saturated rings. The van der Waals surface area contributed by atoms with E-state index >= 15 is 0 Å². The lowest BCUT2D eigenvalue weighted by Gasteiger charge is -2.06. The van der Waals surface area contributed by atoms with E-state index in [-0.39, 0.29) is 32.9 Å². The molecule has 5 nitrogen and oxygen atoms in total. The lowest BCUT2D eigenvalue weighted by molar-refractivity contribution is -0.127. The Morgan fingerprint density at radius 2 is 1.75 bits per heavy atom. The number of ketones is 2. The molecule has 0 heterocycles. The first-order chi connectivity index (χ1) is 9.23. The number of carbonyl (C=O) groups excluding carboxylic acids is 2. The van der Waals surface area contributed by atoms with Gasteiger partial charge in [-0.3, -0.25) is 14.6 Å². The maximum absolute atomic E-state index is 11.3. The largest absolute Gasteiger partial charge is 0.478 e. The van der Waals surface area contributed by atoms with Gasteiger partial charge in [0.2, 0.25) is 0 Å². The number of benzene rings is 1. The fourth-order valence-electron chi connectivity index (χ4n) is 1.48. The lowest BCUT2D eigenvalue weighted by atomic mass is 10.0. The van der Waals surface area contributed by atoms with Gasteiger partial charge in [0.1, 0.15) is 17.5 Å². The van der Waals surface area contributed by atoms with Crippen molar-refractivity contribution in [2.24, 2.45) is 10.9 Å². The van der Waals surface area contributed by atoms with Gasteiger partial charge in [0.25, 0.3) is 0 Å². The van der Waals surface area contributed by atoms with Gasteiger partial charge in [-0.2, -0.15) is 0 Å². The molecule has 0 unspecified atom stereocenters.